The number of nitrogens with one attached hydrogen (secondary N) is 1. The van der Waals surface area contributed by atoms with Gasteiger partial charge in [0.15, 0.2) is 5.82 Å². The van der Waals surface area contributed by atoms with E-state index in [0.29, 0.717) is 33.9 Å². The van der Waals surface area contributed by atoms with Gasteiger partial charge in [0, 0.05) is 17.1 Å². The molecule has 6 nitrogen and oxygen atoms in total. The number of anilines is 1. The van der Waals surface area contributed by atoms with Crippen LogP contribution in [0, 0.1) is 19.7 Å². The zero-order valence-corrected chi connectivity index (χ0v) is 21.3. The summed E-state index contributed by atoms with van der Waals surface area (Å²) in [4.78, 5) is 4.89. The molecule has 3 aromatic carbocycles. The minimum Gasteiger partial charge on any atom is -0.316 e. The number of halogens is 2. The van der Waals surface area contributed by atoms with Crippen molar-refractivity contribution in [3.63, 3.8) is 0 Å². The molecule has 0 fully saturated rings. The van der Waals surface area contributed by atoms with Gasteiger partial charge in [0.1, 0.15) is 17.0 Å². The molecule has 5 rings (SSSR count). The lowest BCUT2D eigenvalue weighted by atomic mass is 10.2. The van der Waals surface area contributed by atoms with Crippen LogP contribution in [0.15, 0.2) is 82.3 Å². The molecule has 0 bridgehead atoms. The third-order valence-electron chi connectivity index (χ3n) is 5.75. The summed E-state index contributed by atoms with van der Waals surface area (Å²) >= 11 is 3.59. The first-order valence-corrected chi connectivity index (χ1v) is 13.1. The van der Waals surface area contributed by atoms with Crippen LogP contribution in [0.2, 0.25) is 0 Å². The summed E-state index contributed by atoms with van der Waals surface area (Å²) in [6.07, 6.45) is 0. The number of para-hydroxylation sites is 1. The molecule has 4 aromatic rings. The van der Waals surface area contributed by atoms with Crippen LogP contribution >= 0.6 is 23.4 Å². The fourth-order valence-corrected chi connectivity index (χ4v) is 7.18. The SMILES string of the molecule is Cc1ccc(N[P@]2(=O)c3c(C)nn(-c4ccccc4)c3N=C(c3ccc(F)cc3)N2C)c(Br)c1. The molecule has 1 aliphatic rings. The first kappa shape index (κ1) is 22.6. The van der Waals surface area contributed by atoms with E-state index < -0.39 is 7.44 Å². The average Bonchev–Trinajstić information content (AvgIpc) is 3.16. The molecule has 172 valence electrons. The number of benzene rings is 3. The van der Waals surface area contributed by atoms with Gasteiger partial charge < -0.3 is 5.09 Å². The van der Waals surface area contributed by atoms with E-state index in [-0.39, 0.29) is 5.82 Å². The third-order valence-corrected chi connectivity index (χ3v) is 9.11. The van der Waals surface area contributed by atoms with Crippen molar-refractivity contribution in [1.29, 1.82) is 0 Å². The van der Waals surface area contributed by atoms with E-state index in [1.54, 1.807) is 28.5 Å². The Labute approximate surface area is 205 Å². The number of aliphatic imine (C=N–C) groups is 1. The van der Waals surface area contributed by atoms with E-state index in [1.165, 1.54) is 12.1 Å². The second kappa shape index (κ2) is 8.53. The van der Waals surface area contributed by atoms with Crippen molar-refractivity contribution in [1.82, 2.24) is 14.5 Å². The summed E-state index contributed by atoms with van der Waals surface area (Å²) in [6, 6.07) is 21.4. The van der Waals surface area contributed by atoms with Crippen molar-refractivity contribution in [3.8, 4) is 5.69 Å². The Morgan fingerprint density at radius 3 is 2.38 bits per heavy atom. The number of aromatic nitrogens is 2. The number of amidine groups is 1. The highest BCUT2D eigenvalue weighted by atomic mass is 79.9. The third kappa shape index (κ3) is 3.77. The second-order valence-electron chi connectivity index (χ2n) is 8.14. The van der Waals surface area contributed by atoms with Crippen LogP contribution in [0.5, 0.6) is 0 Å². The van der Waals surface area contributed by atoms with Gasteiger partial charge in [-0.15, -0.1) is 0 Å². The van der Waals surface area contributed by atoms with Gasteiger partial charge in [-0.05, 0) is 83.9 Å². The van der Waals surface area contributed by atoms with E-state index in [9.17, 15) is 8.96 Å². The molecule has 0 unspecified atom stereocenters. The molecule has 2 heterocycles. The molecule has 34 heavy (non-hydrogen) atoms. The maximum absolute atomic E-state index is 14.9. The van der Waals surface area contributed by atoms with Crippen molar-refractivity contribution in [2.24, 2.45) is 4.99 Å². The largest absolute Gasteiger partial charge is 0.316 e. The summed E-state index contributed by atoms with van der Waals surface area (Å²) in [5.74, 6) is 0.599. The fraction of sp³-hybridized carbons (Fsp3) is 0.120. The number of aryl methyl sites for hydroxylation is 2. The average molecular weight is 538 g/mol. The lowest BCUT2D eigenvalue weighted by Crippen LogP contribution is -2.36. The molecule has 1 aliphatic heterocycles. The molecule has 0 saturated carbocycles. The van der Waals surface area contributed by atoms with Gasteiger partial charge in [-0.25, -0.2) is 14.1 Å². The summed E-state index contributed by atoms with van der Waals surface area (Å²) in [7, 11) is -1.75. The molecule has 0 amide bonds. The number of nitrogens with zero attached hydrogens (tertiary/aromatic N) is 4. The number of rotatable bonds is 4. The van der Waals surface area contributed by atoms with Crippen molar-refractivity contribution in [3.05, 3.63) is 99.9 Å². The van der Waals surface area contributed by atoms with Crippen molar-refractivity contribution >= 4 is 46.0 Å². The van der Waals surface area contributed by atoms with Crippen LogP contribution in [0.1, 0.15) is 16.8 Å². The molecule has 0 radical (unpaired) electrons. The van der Waals surface area contributed by atoms with Gasteiger partial charge in [-0.1, -0.05) is 24.3 Å². The lowest BCUT2D eigenvalue weighted by Gasteiger charge is -2.35. The van der Waals surface area contributed by atoms with E-state index in [1.807, 2.05) is 62.4 Å². The van der Waals surface area contributed by atoms with Crippen LogP contribution in [-0.4, -0.2) is 27.3 Å². The van der Waals surface area contributed by atoms with Gasteiger partial charge in [-0.3, -0.25) is 9.24 Å². The summed E-state index contributed by atoms with van der Waals surface area (Å²) < 4.78 is 32.7. The normalized spacial score (nSPS) is 17.3. The van der Waals surface area contributed by atoms with Crippen LogP contribution in [0.4, 0.5) is 15.9 Å². The molecule has 9 heteroatoms. The molecule has 1 N–H and O–H groups in total. The van der Waals surface area contributed by atoms with E-state index in [2.05, 4.69) is 21.0 Å². The Balaban J connectivity index is 1.75. The summed E-state index contributed by atoms with van der Waals surface area (Å²) in [5, 5.41) is 8.55. The van der Waals surface area contributed by atoms with Crippen LogP contribution < -0.4 is 10.4 Å². The van der Waals surface area contributed by atoms with E-state index in [4.69, 9.17) is 10.1 Å². The van der Waals surface area contributed by atoms with Gasteiger partial charge in [0.25, 0.3) is 7.44 Å². The highest BCUT2D eigenvalue weighted by molar-refractivity contribution is 9.10. The first-order chi connectivity index (χ1) is 16.3. The van der Waals surface area contributed by atoms with E-state index >= 15 is 0 Å². The molecular formula is C25H22BrFN5OP. The Kier molecular flexibility index (Phi) is 5.66. The molecule has 1 atom stereocenters. The van der Waals surface area contributed by atoms with Crippen LogP contribution in [-0.2, 0) is 4.57 Å². The minimum atomic E-state index is -3.48. The Bertz CT molecular complexity index is 1470. The topological polar surface area (TPSA) is 62.5 Å². The smallest absolute Gasteiger partial charge is 0.296 e. The molecule has 0 saturated heterocycles. The summed E-state index contributed by atoms with van der Waals surface area (Å²) in [6.45, 7) is 3.83. The maximum Gasteiger partial charge on any atom is 0.296 e. The highest BCUT2D eigenvalue weighted by Gasteiger charge is 2.43. The Morgan fingerprint density at radius 1 is 1.00 bits per heavy atom. The monoisotopic (exact) mass is 537 g/mol. The second-order valence-corrected chi connectivity index (χ2v) is 11.4. The highest BCUT2D eigenvalue weighted by Crippen LogP contribution is 2.54. The quantitative estimate of drug-likeness (QED) is 0.308. The zero-order valence-electron chi connectivity index (χ0n) is 18.8. The summed E-state index contributed by atoms with van der Waals surface area (Å²) in [5.41, 5.74) is 3.85. The van der Waals surface area contributed by atoms with Crippen molar-refractivity contribution in [2.45, 2.75) is 13.8 Å². The molecule has 0 spiro atoms. The number of fused-ring (bicyclic) bond motifs is 1. The van der Waals surface area contributed by atoms with Crippen LogP contribution in [0.25, 0.3) is 5.69 Å². The van der Waals surface area contributed by atoms with E-state index in [0.717, 1.165) is 15.7 Å². The Morgan fingerprint density at radius 2 is 1.71 bits per heavy atom. The van der Waals surface area contributed by atoms with Crippen LogP contribution in [0.3, 0.4) is 0 Å². The Hall–Kier alpha value is -3.22. The maximum atomic E-state index is 14.9. The molecule has 0 aliphatic carbocycles. The number of hydrogen-bond acceptors (Lipinski definition) is 3. The van der Waals surface area contributed by atoms with Gasteiger partial charge in [0.05, 0.1) is 17.1 Å². The fourth-order valence-electron chi connectivity index (χ4n) is 4.02. The predicted molar refractivity (Wildman–Crippen MR) is 138 cm³/mol. The molecule has 1 aromatic heterocycles. The zero-order chi connectivity index (χ0) is 24.0. The van der Waals surface area contributed by atoms with Crippen molar-refractivity contribution < 1.29 is 8.96 Å². The van der Waals surface area contributed by atoms with Gasteiger partial charge >= 0.3 is 0 Å². The molecular weight excluding hydrogens is 516 g/mol. The number of hydrogen-bond donors (Lipinski definition) is 1. The predicted octanol–water partition coefficient (Wildman–Crippen LogP) is 6.34. The standard InChI is InChI=1S/C25H22BrFN5OP/c1-16-9-14-22(21(26)15-16)30-34(33)23-17(2)29-32(20-7-5-4-6-8-20)25(23)28-24(31(34)3)18-10-12-19(27)13-11-18/h4-15H,1-3H3,(H,30,33)/t34-/m1/s1. The first-order valence-electron chi connectivity index (χ1n) is 10.7. The minimum absolute atomic E-state index is 0.349. The van der Waals surface area contributed by atoms with Gasteiger partial charge in [0.2, 0.25) is 0 Å². The lowest BCUT2D eigenvalue weighted by molar-refractivity contribution is 0.553. The van der Waals surface area contributed by atoms with Gasteiger partial charge in [-0.2, -0.15) is 5.10 Å². The van der Waals surface area contributed by atoms with Crippen molar-refractivity contribution in [2.75, 3.05) is 12.1 Å².